The Morgan fingerprint density at radius 1 is 1.30 bits per heavy atom. The van der Waals surface area contributed by atoms with Crippen molar-refractivity contribution in [1.82, 2.24) is 5.32 Å². The first kappa shape index (κ1) is 15.6. The molecule has 0 aromatic heterocycles. The van der Waals surface area contributed by atoms with Crippen LogP contribution < -0.4 is 10.1 Å². The number of aromatic hydroxyl groups is 1. The van der Waals surface area contributed by atoms with Crippen molar-refractivity contribution in [3.8, 4) is 11.5 Å². The standard InChI is InChI=1S/C15H22BrNO3/c1-20-13-8-11(7-12(16)14(13)19)9-17-15(10-18)5-3-2-4-6-15/h7-8,17-19H,2-6,9-10H2,1H3. The lowest BCUT2D eigenvalue weighted by Gasteiger charge is -2.36. The maximum absolute atomic E-state index is 9.80. The van der Waals surface area contributed by atoms with E-state index in [1.165, 1.54) is 13.5 Å². The molecule has 5 heteroatoms. The number of hydrogen-bond donors (Lipinski definition) is 3. The molecule has 1 saturated carbocycles. The molecule has 0 atom stereocenters. The summed E-state index contributed by atoms with van der Waals surface area (Å²) >= 11 is 3.33. The van der Waals surface area contributed by atoms with Gasteiger partial charge in [-0.05, 0) is 46.5 Å². The van der Waals surface area contributed by atoms with E-state index in [4.69, 9.17) is 4.74 Å². The van der Waals surface area contributed by atoms with Crippen molar-refractivity contribution < 1.29 is 14.9 Å². The number of aliphatic hydroxyl groups is 1. The zero-order valence-electron chi connectivity index (χ0n) is 11.8. The van der Waals surface area contributed by atoms with Crippen LogP contribution in [0.1, 0.15) is 37.7 Å². The Morgan fingerprint density at radius 2 is 2.00 bits per heavy atom. The number of benzene rings is 1. The summed E-state index contributed by atoms with van der Waals surface area (Å²) in [5, 5.41) is 23.0. The quantitative estimate of drug-likeness (QED) is 0.769. The average Bonchev–Trinajstić information content (AvgIpc) is 2.49. The van der Waals surface area contributed by atoms with Crippen molar-refractivity contribution in [3.63, 3.8) is 0 Å². The third-order valence-corrected chi connectivity index (χ3v) is 4.69. The van der Waals surface area contributed by atoms with Crippen molar-refractivity contribution in [2.24, 2.45) is 0 Å². The second-order valence-corrected chi connectivity index (χ2v) is 6.34. The van der Waals surface area contributed by atoms with Crippen LogP contribution in [0.15, 0.2) is 16.6 Å². The summed E-state index contributed by atoms with van der Waals surface area (Å²) in [6.07, 6.45) is 5.61. The molecule has 0 radical (unpaired) electrons. The minimum atomic E-state index is -0.157. The third kappa shape index (κ3) is 3.45. The minimum absolute atomic E-state index is 0.116. The molecule has 0 aliphatic heterocycles. The molecule has 20 heavy (non-hydrogen) atoms. The number of halogens is 1. The fourth-order valence-corrected chi connectivity index (χ4v) is 3.28. The first-order chi connectivity index (χ1) is 9.60. The number of nitrogens with one attached hydrogen (secondary N) is 1. The average molecular weight is 344 g/mol. The second kappa shape index (κ2) is 6.78. The van der Waals surface area contributed by atoms with Crippen molar-refractivity contribution in [3.05, 3.63) is 22.2 Å². The van der Waals surface area contributed by atoms with Crippen molar-refractivity contribution >= 4 is 15.9 Å². The molecule has 112 valence electrons. The van der Waals surface area contributed by atoms with E-state index in [1.807, 2.05) is 12.1 Å². The number of rotatable bonds is 5. The Balaban J connectivity index is 2.08. The minimum Gasteiger partial charge on any atom is -0.503 e. The van der Waals surface area contributed by atoms with Crippen LogP contribution in [0.2, 0.25) is 0 Å². The molecule has 1 fully saturated rings. The van der Waals surface area contributed by atoms with Crippen molar-refractivity contribution in [1.29, 1.82) is 0 Å². The molecule has 1 aromatic carbocycles. The van der Waals surface area contributed by atoms with Crippen LogP contribution in [-0.4, -0.2) is 29.5 Å². The Bertz CT molecular complexity index is 459. The number of methoxy groups -OCH3 is 1. The van der Waals surface area contributed by atoms with Gasteiger partial charge in [0.25, 0.3) is 0 Å². The first-order valence-electron chi connectivity index (χ1n) is 7.01. The van der Waals surface area contributed by atoms with Gasteiger partial charge in [0.15, 0.2) is 11.5 Å². The van der Waals surface area contributed by atoms with Gasteiger partial charge >= 0.3 is 0 Å². The number of aliphatic hydroxyl groups excluding tert-OH is 1. The van der Waals surface area contributed by atoms with Gasteiger partial charge in [-0.3, -0.25) is 0 Å². The smallest absolute Gasteiger partial charge is 0.172 e. The molecule has 0 unspecified atom stereocenters. The van der Waals surface area contributed by atoms with Crippen LogP contribution in [0.25, 0.3) is 0 Å². The molecule has 4 nitrogen and oxygen atoms in total. The maximum Gasteiger partial charge on any atom is 0.172 e. The summed E-state index contributed by atoms with van der Waals surface area (Å²) in [5.41, 5.74) is 0.862. The van der Waals surface area contributed by atoms with E-state index >= 15 is 0 Å². The van der Waals surface area contributed by atoms with E-state index in [1.54, 1.807) is 0 Å². The normalized spacial score (nSPS) is 17.9. The van der Waals surface area contributed by atoms with Gasteiger partial charge in [-0.25, -0.2) is 0 Å². The lowest BCUT2D eigenvalue weighted by atomic mass is 9.82. The van der Waals surface area contributed by atoms with Crippen LogP contribution in [0.5, 0.6) is 11.5 Å². The predicted octanol–water partition coefficient (Wildman–Crippen LogP) is 2.95. The lowest BCUT2D eigenvalue weighted by Crippen LogP contribution is -2.49. The number of phenolic OH excluding ortho intramolecular Hbond substituents is 1. The monoisotopic (exact) mass is 343 g/mol. The molecule has 0 amide bonds. The number of phenols is 1. The molecule has 0 saturated heterocycles. The van der Waals surface area contributed by atoms with Crippen LogP contribution in [0.3, 0.4) is 0 Å². The first-order valence-corrected chi connectivity index (χ1v) is 7.81. The van der Waals surface area contributed by atoms with Crippen LogP contribution in [-0.2, 0) is 6.54 Å². The summed E-state index contributed by atoms with van der Waals surface area (Å²) in [6, 6.07) is 3.69. The van der Waals surface area contributed by atoms with Gasteiger partial charge in [-0.1, -0.05) is 19.3 Å². The molecule has 0 spiro atoms. The molecule has 2 rings (SSSR count). The van der Waals surface area contributed by atoms with E-state index in [2.05, 4.69) is 21.2 Å². The van der Waals surface area contributed by atoms with Crippen molar-refractivity contribution in [2.45, 2.75) is 44.2 Å². The summed E-state index contributed by atoms with van der Waals surface area (Å²) in [6.45, 7) is 0.819. The highest BCUT2D eigenvalue weighted by molar-refractivity contribution is 9.10. The zero-order valence-corrected chi connectivity index (χ0v) is 13.4. The van der Waals surface area contributed by atoms with Gasteiger partial charge < -0.3 is 20.3 Å². The molecule has 0 bridgehead atoms. The molecule has 0 heterocycles. The lowest BCUT2D eigenvalue weighted by molar-refractivity contribution is 0.119. The van der Waals surface area contributed by atoms with Gasteiger partial charge in [0.1, 0.15) is 0 Å². The van der Waals surface area contributed by atoms with Gasteiger partial charge in [0.05, 0.1) is 18.2 Å². The summed E-state index contributed by atoms with van der Waals surface area (Å²) in [4.78, 5) is 0. The molecule has 1 aliphatic carbocycles. The van der Waals surface area contributed by atoms with Crippen LogP contribution in [0, 0.1) is 0 Å². The van der Waals surface area contributed by atoms with Crippen molar-refractivity contribution in [2.75, 3.05) is 13.7 Å². The fourth-order valence-electron chi connectivity index (χ4n) is 2.79. The van der Waals surface area contributed by atoms with E-state index in [0.717, 1.165) is 31.2 Å². The molecule has 3 N–H and O–H groups in total. The summed E-state index contributed by atoms with van der Waals surface area (Å²) in [7, 11) is 1.54. The SMILES string of the molecule is COc1cc(CNC2(CO)CCCCC2)cc(Br)c1O. The molecule has 1 aliphatic rings. The Kier molecular flexibility index (Phi) is 5.29. The van der Waals surface area contributed by atoms with Gasteiger partial charge in [-0.15, -0.1) is 0 Å². The van der Waals surface area contributed by atoms with E-state index in [-0.39, 0.29) is 17.9 Å². The highest BCUT2D eigenvalue weighted by Gasteiger charge is 2.30. The van der Waals surface area contributed by atoms with Gasteiger partial charge in [0.2, 0.25) is 0 Å². The Morgan fingerprint density at radius 3 is 2.60 bits per heavy atom. The highest BCUT2D eigenvalue weighted by atomic mass is 79.9. The Hall–Kier alpha value is -0.780. The van der Waals surface area contributed by atoms with Gasteiger partial charge in [0, 0.05) is 12.1 Å². The molecule has 1 aromatic rings. The largest absolute Gasteiger partial charge is 0.503 e. The van der Waals surface area contributed by atoms with E-state index < -0.39 is 0 Å². The fraction of sp³-hybridized carbons (Fsp3) is 0.600. The highest BCUT2D eigenvalue weighted by Crippen LogP contribution is 2.35. The topological polar surface area (TPSA) is 61.7 Å². The summed E-state index contributed by atoms with van der Waals surface area (Å²) in [5.74, 6) is 0.573. The number of hydrogen-bond acceptors (Lipinski definition) is 4. The maximum atomic E-state index is 9.80. The molecular weight excluding hydrogens is 322 g/mol. The van der Waals surface area contributed by atoms with E-state index in [0.29, 0.717) is 16.8 Å². The van der Waals surface area contributed by atoms with Crippen LogP contribution in [0.4, 0.5) is 0 Å². The zero-order chi connectivity index (χ0) is 14.6. The predicted molar refractivity (Wildman–Crippen MR) is 82.1 cm³/mol. The second-order valence-electron chi connectivity index (χ2n) is 5.48. The van der Waals surface area contributed by atoms with Crippen LogP contribution >= 0.6 is 15.9 Å². The Labute approximate surface area is 128 Å². The molecular formula is C15H22BrNO3. The van der Waals surface area contributed by atoms with E-state index in [9.17, 15) is 10.2 Å². The summed E-state index contributed by atoms with van der Waals surface area (Å²) < 4.78 is 5.77. The third-order valence-electron chi connectivity index (χ3n) is 4.09. The number of ether oxygens (including phenoxy) is 1. The van der Waals surface area contributed by atoms with Gasteiger partial charge in [-0.2, -0.15) is 0 Å².